The lowest BCUT2D eigenvalue weighted by Crippen LogP contribution is -1.86. The average Bonchev–Trinajstić information content (AvgIpc) is 1.88. The molecule has 0 spiro atoms. The SMILES string of the molecule is Cc1[c]cc([N+](=O)[O-])cc1. The lowest BCUT2D eigenvalue weighted by Gasteiger charge is -1.89. The van der Waals surface area contributed by atoms with E-state index in [0.717, 1.165) is 5.56 Å². The van der Waals surface area contributed by atoms with Gasteiger partial charge in [-0.1, -0.05) is 6.07 Å². The summed E-state index contributed by atoms with van der Waals surface area (Å²) in [5, 5.41) is 10.1. The predicted octanol–water partition coefficient (Wildman–Crippen LogP) is 1.70. The lowest BCUT2D eigenvalue weighted by molar-refractivity contribution is -0.384. The molecule has 0 aliphatic rings. The number of non-ortho nitro benzene ring substituents is 1. The Kier molecular flexibility index (Phi) is 1.67. The summed E-state index contributed by atoms with van der Waals surface area (Å²) in [5.74, 6) is 0. The lowest BCUT2D eigenvalue weighted by atomic mass is 10.2. The predicted molar refractivity (Wildman–Crippen MR) is 36.7 cm³/mol. The monoisotopic (exact) mass is 136 g/mol. The maximum atomic E-state index is 10.1. The highest BCUT2D eigenvalue weighted by Crippen LogP contribution is 2.09. The Labute approximate surface area is 58.4 Å². The van der Waals surface area contributed by atoms with Gasteiger partial charge in [-0.05, 0) is 18.6 Å². The molecule has 0 fully saturated rings. The molecular weight excluding hydrogens is 130 g/mol. The van der Waals surface area contributed by atoms with Crippen molar-refractivity contribution in [1.29, 1.82) is 0 Å². The Morgan fingerprint density at radius 1 is 1.60 bits per heavy atom. The van der Waals surface area contributed by atoms with Crippen LogP contribution in [0.3, 0.4) is 0 Å². The van der Waals surface area contributed by atoms with Gasteiger partial charge in [0.2, 0.25) is 0 Å². The summed E-state index contributed by atoms with van der Waals surface area (Å²) in [5.41, 5.74) is 0.996. The van der Waals surface area contributed by atoms with Gasteiger partial charge in [-0.2, -0.15) is 0 Å². The van der Waals surface area contributed by atoms with Crippen LogP contribution in [0.1, 0.15) is 5.56 Å². The van der Waals surface area contributed by atoms with Gasteiger partial charge in [0.15, 0.2) is 0 Å². The molecule has 0 saturated heterocycles. The molecule has 0 atom stereocenters. The van der Waals surface area contributed by atoms with E-state index in [9.17, 15) is 10.1 Å². The fourth-order valence-electron chi connectivity index (χ4n) is 0.608. The van der Waals surface area contributed by atoms with E-state index in [2.05, 4.69) is 6.07 Å². The van der Waals surface area contributed by atoms with Gasteiger partial charge in [-0.25, -0.2) is 0 Å². The third-order valence-electron chi connectivity index (χ3n) is 1.16. The summed E-state index contributed by atoms with van der Waals surface area (Å²) < 4.78 is 0. The summed E-state index contributed by atoms with van der Waals surface area (Å²) in [6.07, 6.45) is 0. The summed E-state index contributed by atoms with van der Waals surface area (Å²) in [6.45, 7) is 1.84. The van der Waals surface area contributed by atoms with Gasteiger partial charge in [0.25, 0.3) is 5.69 Å². The van der Waals surface area contributed by atoms with E-state index < -0.39 is 4.92 Å². The van der Waals surface area contributed by atoms with E-state index in [-0.39, 0.29) is 5.69 Å². The molecule has 51 valence electrons. The minimum Gasteiger partial charge on any atom is -0.258 e. The first-order valence-corrected chi connectivity index (χ1v) is 2.83. The Hall–Kier alpha value is -1.38. The zero-order chi connectivity index (χ0) is 7.56. The van der Waals surface area contributed by atoms with Crippen molar-refractivity contribution in [1.82, 2.24) is 0 Å². The highest BCUT2D eigenvalue weighted by atomic mass is 16.6. The quantitative estimate of drug-likeness (QED) is 0.435. The summed E-state index contributed by atoms with van der Waals surface area (Å²) in [7, 11) is 0. The first kappa shape index (κ1) is 6.74. The minimum atomic E-state index is -0.435. The second kappa shape index (κ2) is 2.47. The summed E-state index contributed by atoms with van der Waals surface area (Å²) in [4.78, 5) is 9.66. The zero-order valence-electron chi connectivity index (χ0n) is 5.50. The maximum Gasteiger partial charge on any atom is 0.270 e. The second-order valence-corrected chi connectivity index (χ2v) is 1.99. The molecule has 0 N–H and O–H groups in total. The van der Waals surface area contributed by atoms with Gasteiger partial charge in [0.1, 0.15) is 0 Å². The van der Waals surface area contributed by atoms with E-state index in [1.165, 1.54) is 12.1 Å². The van der Waals surface area contributed by atoms with Crippen LogP contribution in [-0.2, 0) is 0 Å². The summed E-state index contributed by atoms with van der Waals surface area (Å²) in [6, 6.07) is 7.24. The van der Waals surface area contributed by atoms with Gasteiger partial charge in [0, 0.05) is 12.1 Å². The van der Waals surface area contributed by atoms with Crippen molar-refractivity contribution < 1.29 is 4.92 Å². The van der Waals surface area contributed by atoms with Crippen LogP contribution >= 0.6 is 0 Å². The molecule has 10 heavy (non-hydrogen) atoms. The molecule has 0 unspecified atom stereocenters. The van der Waals surface area contributed by atoms with Crippen LogP contribution in [-0.4, -0.2) is 4.92 Å². The first-order valence-electron chi connectivity index (χ1n) is 2.83. The normalized spacial score (nSPS) is 9.30. The van der Waals surface area contributed by atoms with Gasteiger partial charge in [0.05, 0.1) is 4.92 Å². The number of hydrogen-bond acceptors (Lipinski definition) is 2. The molecule has 1 aromatic rings. The van der Waals surface area contributed by atoms with Crippen LogP contribution in [0.5, 0.6) is 0 Å². The third-order valence-corrected chi connectivity index (χ3v) is 1.16. The maximum absolute atomic E-state index is 10.1. The molecule has 0 heterocycles. The van der Waals surface area contributed by atoms with Crippen molar-refractivity contribution in [2.45, 2.75) is 6.92 Å². The van der Waals surface area contributed by atoms with E-state index >= 15 is 0 Å². The number of nitro benzene ring substituents is 1. The number of nitro groups is 1. The minimum absolute atomic E-state index is 0.0885. The molecule has 1 radical (unpaired) electrons. The number of aryl methyl sites for hydroxylation is 1. The van der Waals surface area contributed by atoms with Crippen molar-refractivity contribution in [3.05, 3.63) is 39.9 Å². The molecule has 1 aromatic carbocycles. The van der Waals surface area contributed by atoms with Crippen molar-refractivity contribution >= 4 is 5.69 Å². The Morgan fingerprint density at radius 2 is 2.30 bits per heavy atom. The fraction of sp³-hybridized carbons (Fsp3) is 0.143. The average molecular weight is 136 g/mol. The van der Waals surface area contributed by atoms with E-state index in [0.29, 0.717) is 0 Å². The molecule has 3 heteroatoms. The molecule has 0 bridgehead atoms. The zero-order valence-corrected chi connectivity index (χ0v) is 5.50. The standard InChI is InChI=1S/C7H6NO2/c1-6-2-4-7(5-3-6)8(9)10/h2,4-5H,1H3. The molecule has 0 saturated carbocycles. The van der Waals surface area contributed by atoms with Crippen molar-refractivity contribution in [2.24, 2.45) is 0 Å². The fourth-order valence-corrected chi connectivity index (χ4v) is 0.608. The third kappa shape index (κ3) is 1.31. The van der Waals surface area contributed by atoms with Gasteiger partial charge >= 0.3 is 0 Å². The molecule has 0 aliphatic carbocycles. The van der Waals surface area contributed by atoms with Crippen molar-refractivity contribution in [2.75, 3.05) is 0 Å². The Balaban J connectivity index is 3.00. The van der Waals surface area contributed by atoms with Crippen molar-refractivity contribution in [3.63, 3.8) is 0 Å². The van der Waals surface area contributed by atoms with Crippen LogP contribution in [0.2, 0.25) is 0 Å². The van der Waals surface area contributed by atoms with Gasteiger partial charge < -0.3 is 0 Å². The molecule has 0 aliphatic heterocycles. The largest absolute Gasteiger partial charge is 0.270 e. The van der Waals surface area contributed by atoms with Crippen LogP contribution < -0.4 is 0 Å². The topological polar surface area (TPSA) is 43.1 Å². The second-order valence-electron chi connectivity index (χ2n) is 1.99. The number of nitrogens with zero attached hydrogens (tertiary/aromatic N) is 1. The Morgan fingerprint density at radius 3 is 2.70 bits per heavy atom. The van der Waals surface area contributed by atoms with Crippen LogP contribution in [0, 0.1) is 23.1 Å². The molecular formula is C7H6NO2. The molecule has 1 rings (SSSR count). The number of hydrogen-bond donors (Lipinski definition) is 0. The first-order chi connectivity index (χ1) is 4.70. The van der Waals surface area contributed by atoms with Gasteiger partial charge in [-0.3, -0.25) is 10.1 Å². The Bertz CT molecular complexity index is 240. The van der Waals surface area contributed by atoms with Crippen LogP contribution in [0.4, 0.5) is 5.69 Å². The smallest absolute Gasteiger partial charge is 0.258 e. The van der Waals surface area contributed by atoms with Crippen LogP contribution in [0.15, 0.2) is 18.2 Å². The molecule has 0 amide bonds. The molecule has 0 aromatic heterocycles. The molecule has 3 nitrogen and oxygen atoms in total. The highest BCUT2D eigenvalue weighted by Gasteiger charge is 2.01. The van der Waals surface area contributed by atoms with E-state index in [4.69, 9.17) is 0 Å². The van der Waals surface area contributed by atoms with Gasteiger partial charge in [-0.15, -0.1) is 0 Å². The number of benzene rings is 1. The highest BCUT2D eigenvalue weighted by molar-refractivity contribution is 5.31. The summed E-state index contributed by atoms with van der Waals surface area (Å²) >= 11 is 0. The number of rotatable bonds is 1. The van der Waals surface area contributed by atoms with Crippen LogP contribution in [0.25, 0.3) is 0 Å². The van der Waals surface area contributed by atoms with E-state index in [1.54, 1.807) is 6.07 Å². The van der Waals surface area contributed by atoms with Crippen molar-refractivity contribution in [3.8, 4) is 0 Å². The van der Waals surface area contributed by atoms with E-state index in [1.807, 2.05) is 6.92 Å².